The Morgan fingerprint density at radius 1 is 1.03 bits per heavy atom. The van der Waals surface area contributed by atoms with Gasteiger partial charge in [-0.1, -0.05) is 50.6 Å². The lowest BCUT2D eigenvalue weighted by Gasteiger charge is -2.27. The summed E-state index contributed by atoms with van der Waals surface area (Å²) < 4.78 is 6.10. The Labute approximate surface area is 186 Å². The van der Waals surface area contributed by atoms with Crippen LogP contribution in [0.15, 0.2) is 12.2 Å². The SMILES string of the molecule is CCCCCCC(=S)NCC(=O)NCC1C2CCC(O2)C1C/C=C/CCCC(=O)O. The lowest BCUT2D eigenvalue weighted by atomic mass is 9.77. The number of rotatable bonds is 15. The molecule has 0 aromatic heterocycles. The van der Waals surface area contributed by atoms with Gasteiger partial charge in [-0.05, 0) is 50.9 Å². The molecule has 2 rings (SSSR count). The van der Waals surface area contributed by atoms with Gasteiger partial charge in [0.15, 0.2) is 0 Å². The zero-order valence-electron chi connectivity index (χ0n) is 18.2. The minimum atomic E-state index is -0.743. The van der Waals surface area contributed by atoms with Crippen molar-refractivity contribution in [2.75, 3.05) is 13.1 Å². The highest BCUT2D eigenvalue weighted by Gasteiger charge is 2.47. The maximum atomic E-state index is 12.2. The van der Waals surface area contributed by atoms with Crippen LogP contribution in [0.4, 0.5) is 0 Å². The molecule has 2 aliphatic rings. The van der Waals surface area contributed by atoms with Crippen LogP contribution < -0.4 is 10.6 Å². The first-order valence-electron chi connectivity index (χ1n) is 11.6. The molecule has 0 aromatic rings. The monoisotopic (exact) mass is 438 g/mol. The van der Waals surface area contributed by atoms with E-state index in [1.165, 1.54) is 19.3 Å². The number of aliphatic carboxylic acids is 1. The van der Waals surface area contributed by atoms with Gasteiger partial charge < -0.3 is 20.5 Å². The number of carbonyl (C=O) groups is 2. The Balaban J connectivity index is 1.66. The van der Waals surface area contributed by atoms with E-state index in [0.29, 0.717) is 24.8 Å². The number of carboxylic acid groups (broad SMARTS) is 1. The first-order chi connectivity index (χ1) is 14.5. The summed E-state index contributed by atoms with van der Waals surface area (Å²) in [5.74, 6) is 0.00818. The van der Waals surface area contributed by atoms with Gasteiger partial charge in [-0.3, -0.25) is 9.59 Å². The maximum absolute atomic E-state index is 12.2. The van der Waals surface area contributed by atoms with Gasteiger partial charge >= 0.3 is 5.97 Å². The third-order valence-corrected chi connectivity index (χ3v) is 6.51. The molecule has 2 aliphatic heterocycles. The number of ether oxygens (including phenoxy) is 1. The van der Waals surface area contributed by atoms with E-state index in [1.54, 1.807) is 0 Å². The zero-order chi connectivity index (χ0) is 21.8. The van der Waals surface area contributed by atoms with Crippen LogP contribution in [0.3, 0.4) is 0 Å². The van der Waals surface area contributed by atoms with Crippen LogP contribution in [0.5, 0.6) is 0 Å². The number of nitrogens with one attached hydrogen (secondary N) is 2. The van der Waals surface area contributed by atoms with Crippen LogP contribution >= 0.6 is 12.2 Å². The molecule has 170 valence electrons. The van der Waals surface area contributed by atoms with Crippen LogP contribution in [0.1, 0.15) is 77.6 Å². The van der Waals surface area contributed by atoms with Crippen molar-refractivity contribution in [3.8, 4) is 0 Å². The first-order valence-corrected chi connectivity index (χ1v) is 12.0. The minimum Gasteiger partial charge on any atom is -0.481 e. The average molecular weight is 439 g/mol. The second-order valence-corrected chi connectivity index (χ2v) is 9.00. The summed E-state index contributed by atoms with van der Waals surface area (Å²) in [7, 11) is 0. The molecule has 0 saturated carbocycles. The van der Waals surface area contributed by atoms with Gasteiger partial charge in [0, 0.05) is 18.9 Å². The summed E-state index contributed by atoms with van der Waals surface area (Å²) in [5.41, 5.74) is 0. The normalized spacial score (nSPS) is 25.0. The summed E-state index contributed by atoms with van der Waals surface area (Å²) in [6.45, 7) is 3.07. The quantitative estimate of drug-likeness (QED) is 0.204. The van der Waals surface area contributed by atoms with Crippen molar-refractivity contribution in [1.82, 2.24) is 10.6 Å². The molecule has 4 unspecified atom stereocenters. The van der Waals surface area contributed by atoms with E-state index in [2.05, 4.69) is 29.7 Å². The molecule has 0 radical (unpaired) electrons. The van der Waals surface area contributed by atoms with Crippen molar-refractivity contribution < 1.29 is 19.4 Å². The lowest BCUT2D eigenvalue weighted by Crippen LogP contribution is -2.42. The van der Waals surface area contributed by atoms with Gasteiger partial charge in [0.25, 0.3) is 0 Å². The minimum absolute atomic E-state index is 0.0170. The van der Waals surface area contributed by atoms with Gasteiger partial charge in [-0.2, -0.15) is 0 Å². The first kappa shape index (κ1) is 24.8. The van der Waals surface area contributed by atoms with E-state index in [-0.39, 0.29) is 31.1 Å². The average Bonchev–Trinajstić information content (AvgIpc) is 3.32. The highest BCUT2D eigenvalue weighted by Crippen LogP contribution is 2.44. The van der Waals surface area contributed by atoms with E-state index in [0.717, 1.165) is 43.5 Å². The molecular formula is C23H38N2O4S. The van der Waals surface area contributed by atoms with Crippen molar-refractivity contribution >= 4 is 29.1 Å². The maximum Gasteiger partial charge on any atom is 0.303 e. The van der Waals surface area contributed by atoms with Crippen LogP contribution in [0.2, 0.25) is 0 Å². The van der Waals surface area contributed by atoms with Crippen molar-refractivity contribution in [1.29, 1.82) is 0 Å². The van der Waals surface area contributed by atoms with Crippen LogP contribution in [0.25, 0.3) is 0 Å². The molecule has 2 saturated heterocycles. The largest absolute Gasteiger partial charge is 0.481 e. The predicted octanol–water partition coefficient (Wildman–Crippen LogP) is 3.98. The predicted molar refractivity (Wildman–Crippen MR) is 122 cm³/mol. The second-order valence-electron chi connectivity index (χ2n) is 8.50. The number of hydrogen-bond donors (Lipinski definition) is 3. The van der Waals surface area contributed by atoms with Gasteiger partial charge in [0.2, 0.25) is 5.91 Å². The summed E-state index contributed by atoms with van der Waals surface area (Å²) in [6, 6.07) is 0. The van der Waals surface area contributed by atoms with Gasteiger partial charge in [-0.15, -0.1) is 0 Å². The Kier molecular flexibility index (Phi) is 11.4. The molecule has 2 bridgehead atoms. The van der Waals surface area contributed by atoms with E-state index in [1.807, 2.05) is 0 Å². The second kappa shape index (κ2) is 13.8. The van der Waals surface area contributed by atoms with Gasteiger partial charge in [0.1, 0.15) is 0 Å². The molecule has 2 fully saturated rings. The molecule has 0 aliphatic carbocycles. The summed E-state index contributed by atoms with van der Waals surface area (Å²) in [4.78, 5) is 23.6. The standard InChI is InChI=1S/C23H38N2O4S/c1-2-3-4-8-11-22(30)25-16-21(26)24-15-18-17(19-13-14-20(18)29-19)10-7-5-6-9-12-23(27)28/h5,7,17-20H,2-4,6,8-16H2,1H3,(H,24,26)(H,25,30)(H,27,28)/b7-5+. The third kappa shape index (κ3) is 8.72. The zero-order valence-corrected chi connectivity index (χ0v) is 19.1. The fourth-order valence-electron chi connectivity index (χ4n) is 4.50. The number of carboxylic acids is 1. The topological polar surface area (TPSA) is 87.7 Å². The third-order valence-electron chi connectivity index (χ3n) is 6.17. The van der Waals surface area contributed by atoms with Gasteiger partial charge in [0.05, 0.1) is 23.7 Å². The van der Waals surface area contributed by atoms with Crippen LogP contribution in [-0.4, -0.2) is 47.3 Å². The molecular weight excluding hydrogens is 400 g/mol. The molecule has 7 heteroatoms. The molecule has 6 nitrogen and oxygen atoms in total. The molecule has 0 aromatic carbocycles. The van der Waals surface area contributed by atoms with Crippen molar-refractivity contribution in [2.45, 2.75) is 89.8 Å². The molecule has 4 atom stereocenters. The highest BCUT2D eigenvalue weighted by atomic mass is 32.1. The number of hydrogen-bond acceptors (Lipinski definition) is 4. The smallest absolute Gasteiger partial charge is 0.303 e. The lowest BCUT2D eigenvalue weighted by molar-refractivity contribution is -0.137. The van der Waals surface area contributed by atoms with Crippen LogP contribution in [0, 0.1) is 11.8 Å². The number of carbonyl (C=O) groups excluding carboxylic acids is 1. The Hall–Kier alpha value is -1.47. The number of unbranched alkanes of at least 4 members (excludes halogenated alkanes) is 4. The summed E-state index contributed by atoms with van der Waals surface area (Å²) in [6.07, 6.45) is 15.1. The number of fused-ring (bicyclic) bond motifs is 2. The summed E-state index contributed by atoms with van der Waals surface area (Å²) in [5, 5.41) is 14.8. The Morgan fingerprint density at radius 2 is 1.80 bits per heavy atom. The Morgan fingerprint density at radius 3 is 2.53 bits per heavy atom. The van der Waals surface area contributed by atoms with E-state index in [9.17, 15) is 9.59 Å². The highest BCUT2D eigenvalue weighted by molar-refractivity contribution is 7.80. The number of allylic oxidation sites excluding steroid dienone is 2. The van der Waals surface area contributed by atoms with Gasteiger partial charge in [-0.25, -0.2) is 0 Å². The molecule has 2 heterocycles. The van der Waals surface area contributed by atoms with Crippen molar-refractivity contribution in [3.05, 3.63) is 12.2 Å². The molecule has 0 spiro atoms. The Bertz CT molecular complexity index is 596. The molecule has 30 heavy (non-hydrogen) atoms. The van der Waals surface area contributed by atoms with E-state index >= 15 is 0 Å². The molecule has 1 amide bonds. The fourth-order valence-corrected chi connectivity index (χ4v) is 4.71. The summed E-state index contributed by atoms with van der Waals surface area (Å²) >= 11 is 5.32. The van der Waals surface area contributed by atoms with E-state index < -0.39 is 5.97 Å². The fraction of sp³-hybridized carbons (Fsp3) is 0.783. The van der Waals surface area contributed by atoms with Crippen molar-refractivity contribution in [3.63, 3.8) is 0 Å². The number of amides is 1. The van der Waals surface area contributed by atoms with Crippen molar-refractivity contribution in [2.24, 2.45) is 11.8 Å². The number of thiocarbonyl (C=S) groups is 1. The van der Waals surface area contributed by atoms with E-state index in [4.69, 9.17) is 22.1 Å². The molecule has 3 N–H and O–H groups in total. The van der Waals surface area contributed by atoms with Crippen LogP contribution in [-0.2, 0) is 14.3 Å².